The number of nitrogens with zero attached hydrogens (tertiary/aromatic N) is 4. The number of hydrogen-bond acceptors (Lipinski definition) is 4. The van der Waals surface area contributed by atoms with Crippen molar-refractivity contribution in [2.24, 2.45) is 14.1 Å². The number of aldehydes is 1. The molecule has 0 fully saturated rings. The highest BCUT2D eigenvalue weighted by Crippen LogP contribution is 2.10. The lowest BCUT2D eigenvalue weighted by Crippen LogP contribution is -2.22. The minimum absolute atomic E-state index is 0.184. The first kappa shape index (κ1) is 23.3. The van der Waals surface area contributed by atoms with Gasteiger partial charge in [-0.3, -0.25) is 23.7 Å². The molecule has 2 aromatic heterocycles. The van der Waals surface area contributed by atoms with Crippen molar-refractivity contribution in [3.63, 3.8) is 0 Å². The molecule has 0 unspecified atom stereocenters. The number of aromatic nitrogens is 4. The first-order valence-corrected chi connectivity index (χ1v) is 10.1. The van der Waals surface area contributed by atoms with Crippen LogP contribution in [-0.4, -0.2) is 36.1 Å². The van der Waals surface area contributed by atoms with Gasteiger partial charge in [0, 0.05) is 19.8 Å². The maximum Gasteiger partial charge on any atom is 0.343 e. The molecule has 2 heterocycles. The molecule has 4 aromatic rings. The van der Waals surface area contributed by atoms with E-state index in [0.717, 1.165) is 5.69 Å². The van der Waals surface area contributed by atoms with E-state index in [-0.39, 0.29) is 16.7 Å². The number of aromatic carboxylic acids is 1. The molecule has 33 heavy (non-hydrogen) atoms. The highest BCUT2D eigenvalue weighted by Gasteiger charge is 2.21. The number of hydrogen-bond donors (Lipinski definition) is 1. The van der Waals surface area contributed by atoms with E-state index < -0.39 is 11.5 Å². The fraction of sp³-hybridized carbons (Fsp3) is 0.167. The van der Waals surface area contributed by atoms with Crippen molar-refractivity contribution < 1.29 is 14.7 Å². The molecule has 2 aromatic carbocycles. The van der Waals surface area contributed by atoms with Crippen molar-refractivity contribution in [1.82, 2.24) is 18.7 Å². The molecule has 0 aliphatic rings. The first-order chi connectivity index (χ1) is 15.7. The lowest BCUT2D eigenvalue weighted by Gasteiger charge is -2.07. The zero-order valence-electron chi connectivity index (χ0n) is 18.7. The van der Waals surface area contributed by atoms with E-state index >= 15 is 0 Å². The lowest BCUT2D eigenvalue weighted by molar-refractivity contribution is 0.0694. The second-order valence-electron chi connectivity index (χ2n) is 7.33. The second kappa shape index (κ2) is 9.39. The van der Waals surface area contributed by atoms with E-state index in [1.165, 1.54) is 9.36 Å². The average Bonchev–Trinajstić information content (AvgIpc) is 3.16. The summed E-state index contributed by atoms with van der Waals surface area (Å²) in [6, 6.07) is 18.2. The predicted molar refractivity (Wildman–Crippen MR) is 124 cm³/mol. The summed E-state index contributed by atoms with van der Waals surface area (Å²) in [5.41, 5.74) is 1.75. The van der Waals surface area contributed by atoms with Crippen molar-refractivity contribution in [3.05, 3.63) is 104 Å². The molecular weight excluding hydrogens is 424 g/mol. The van der Waals surface area contributed by atoms with Gasteiger partial charge in [0.05, 0.1) is 17.1 Å². The molecule has 4 rings (SSSR count). The number of benzene rings is 2. The maximum absolute atomic E-state index is 12.0. The van der Waals surface area contributed by atoms with Gasteiger partial charge in [-0.1, -0.05) is 36.4 Å². The Morgan fingerprint density at radius 2 is 1.18 bits per heavy atom. The molecule has 9 nitrogen and oxygen atoms in total. The van der Waals surface area contributed by atoms with Crippen LogP contribution in [0.1, 0.15) is 32.1 Å². The SMILES string of the molecule is Cc1c(C(=O)O)c(=O)n(-c2ccccc2)n1C.Cc1c(C=O)c(=O)n(-c2ccccc2)n1C. The van der Waals surface area contributed by atoms with Gasteiger partial charge in [-0.2, -0.15) is 0 Å². The molecule has 9 heteroatoms. The topological polar surface area (TPSA) is 108 Å². The van der Waals surface area contributed by atoms with Crippen LogP contribution in [0.2, 0.25) is 0 Å². The Morgan fingerprint density at radius 1 is 0.758 bits per heavy atom. The van der Waals surface area contributed by atoms with Gasteiger partial charge in [0.25, 0.3) is 11.1 Å². The summed E-state index contributed by atoms with van der Waals surface area (Å²) in [4.78, 5) is 45.8. The Labute approximate surface area is 189 Å². The highest BCUT2D eigenvalue weighted by molar-refractivity contribution is 5.88. The van der Waals surface area contributed by atoms with E-state index in [0.29, 0.717) is 23.4 Å². The molecule has 0 bridgehead atoms. The zero-order chi connectivity index (χ0) is 24.3. The Bertz CT molecular complexity index is 1420. The molecule has 1 N–H and O–H groups in total. The van der Waals surface area contributed by atoms with E-state index in [4.69, 9.17) is 5.11 Å². The summed E-state index contributed by atoms with van der Waals surface area (Å²) in [6.07, 6.45) is 0.608. The van der Waals surface area contributed by atoms with Gasteiger partial charge in [-0.25, -0.2) is 14.2 Å². The number of carbonyl (C=O) groups excluding carboxylic acids is 1. The molecule has 170 valence electrons. The van der Waals surface area contributed by atoms with Crippen molar-refractivity contribution >= 4 is 12.3 Å². The van der Waals surface area contributed by atoms with Crippen molar-refractivity contribution in [1.29, 1.82) is 0 Å². The Balaban J connectivity index is 0.000000186. The number of rotatable bonds is 4. The minimum atomic E-state index is -1.20. The summed E-state index contributed by atoms with van der Waals surface area (Å²) in [5.74, 6) is -1.20. The summed E-state index contributed by atoms with van der Waals surface area (Å²) >= 11 is 0. The van der Waals surface area contributed by atoms with E-state index in [1.807, 2.05) is 36.4 Å². The molecule has 0 saturated heterocycles. The normalized spacial score (nSPS) is 10.4. The molecule has 0 atom stereocenters. The van der Waals surface area contributed by atoms with Gasteiger partial charge >= 0.3 is 5.97 Å². The van der Waals surface area contributed by atoms with Crippen LogP contribution in [0.15, 0.2) is 70.3 Å². The van der Waals surface area contributed by atoms with Crippen molar-refractivity contribution in [2.45, 2.75) is 13.8 Å². The van der Waals surface area contributed by atoms with Gasteiger partial charge in [-0.05, 0) is 38.1 Å². The quantitative estimate of drug-likeness (QED) is 0.483. The number of carboxylic acid groups (broad SMARTS) is 1. The van der Waals surface area contributed by atoms with Crippen LogP contribution >= 0.6 is 0 Å². The third-order valence-corrected chi connectivity index (χ3v) is 5.48. The zero-order valence-corrected chi connectivity index (χ0v) is 18.7. The third-order valence-electron chi connectivity index (χ3n) is 5.48. The van der Waals surface area contributed by atoms with Crippen LogP contribution in [-0.2, 0) is 14.1 Å². The van der Waals surface area contributed by atoms with Crippen LogP contribution in [0, 0.1) is 13.8 Å². The van der Waals surface area contributed by atoms with Crippen LogP contribution < -0.4 is 11.1 Å². The molecule has 0 spiro atoms. The Hall–Kier alpha value is -4.40. The van der Waals surface area contributed by atoms with Gasteiger partial charge in [-0.15, -0.1) is 0 Å². The molecule has 0 saturated carbocycles. The fourth-order valence-electron chi connectivity index (χ4n) is 3.54. The van der Waals surface area contributed by atoms with Crippen LogP contribution in [0.5, 0.6) is 0 Å². The molecule has 0 aliphatic carbocycles. The molecule has 0 amide bonds. The summed E-state index contributed by atoms with van der Waals surface area (Å²) in [5, 5.41) is 9.00. The monoisotopic (exact) mass is 448 g/mol. The standard InChI is InChI=1S/C12H12N2O3.C12H12N2O2/c1-8-10(12(16)17)11(15)14(13(8)2)9-6-4-3-5-7-9;1-9-11(8-15)12(16)14(13(9)2)10-6-4-3-5-7-10/h3-7H,1-2H3,(H,16,17);3-8H,1-2H3. The fourth-order valence-corrected chi connectivity index (χ4v) is 3.54. The molecular formula is C24H24N4O5. The van der Waals surface area contributed by atoms with Crippen LogP contribution in [0.25, 0.3) is 11.4 Å². The third kappa shape index (κ3) is 4.20. The number of carbonyl (C=O) groups is 2. The smallest absolute Gasteiger partial charge is 0.343 e. The number of para-hydroxylation sites is 2. The van der Waals surface area contributed by atoms with Gasteiger partial charge in [0.15, 0.2) is 6.29 Å². The molecule has 0 aliphatic heterocycles. The van der Waals surface area contributed by atoms with Crippen LogP contribution in [0.3, 0.4) is 0 Å². The van der Waals surface area contributed by atoms with E-state index in [1.54, 1.807) is 61.6 Å². The van der Waals surface area contributed by atoms with E-state index in [2.05, 4.69) is 0 Å². The van der Waals surface area contributed by atoms with Gasteiger partial charge in [0.1, 0.15) is 11.1 Å². The summed E-state index contributed by atoms with van der Waals surface area (Å²) in [7, 11) is 3.42. The summed E-state index contributed by atoms with van der Waals surface area (Å²) in [6.45, 7) is 3.37. The predicted octanol–water partition coefficient (Wildman–Crippen LogP) is 2.48. The minimum Gasteiger partial charge on any atom is -0.477 e. The lowest BCUT2D eigenvalue weighted by atomic mass is 10.2. The van der Waals surface area contributed by atoms with Gasteiger partial charge in [0.2, 0.25) is 0 Å². The summed E-state index contributed by atoms with van der Waals surface area (Å²) < 4.78 is 6.06. The number of carboxylic acids is 1. The van der Waals surface area contributed by atoms with Gasteiger partial charge < -0.3 is 5.11 Å². The molecule has 0 radical (unpaired) electrons. The Kier molecular flexibility index (Phi) is 6.62. The van der Waals surface area contributed by atoms with Crippen LogP contribution in [0.4, 0.5) is 0 Å². The second-order valence-corrected chi connectivity index (χ2v) is 7.33. The largest absolute Gasteiger partial charge is 0.477 e. The maximum atomic E-state index is 12.0. The van der Waals surface area contributed by atoms with Crippen molar-refractivity contribution in [3.8, 4) is 11.4 Å². The highest BCUT2D eigenvalue weighted by atomic mass is 16.4. The van der Waals surface area contributed by atoms with Crippen molar-refractivity contribution in [2.75, 3.05) is 0 Å². The average molecular weight is 448 g/mol. The van der Waals surface area contributed by atoms with E-state index in [9.17, 15) is 19.2 Å². The first-order valence-electron chi connectivity index (χ1n) is 10.1. The Morgan fingerprint density at radius 3 is 1.55 bits per heavy atom.